The van der Waals surface area contributed by atoms with Crippen LogP contribution in [0, 0.1) is 5.41 Å². The fraction of sp³-hybridized carbons (Fsp3) is 0.824. The van der Waals surface area contributed by atoms with Crippen LogP contribution in [0.5, 0.6) is 0 Å². The largest absolute Gasteiger partial charge is 0.348 e. The number of imidazole rings is 1. The molecule has 1 spiro atoms. The average Bonchev–Trinajstić information content (AvgIpc) is 2.95. The highest BCUT2D eigenvalue weighted by molar-refractivity contribution is 4.98. The molecule has 112 valence electrons. The summed E-state index contributed by atoms with van der Waals surface area (Å²) < 4.78 is 0. The second kappa shape index (κ2) is 6.30. The third-order valence-corrected chi connectivity index (χ3v) is 5.56. The third-order valence-electron chi connectivity index (χ3n) is 5.56. The van der Waals surface area contributed by atoms with E-state index in [1.165, 1.54) is 63.5 Å². The Labute approximate surface area is 123 Å². The van der Waals surface area contributed by atoms with Gasteiger partial charge in [0, 0.05) is 30.4 Å². The van der Waals surface area contributed by atoms with Gasteiger partial charge in [-0.05, 0) is 50.9 Å². The molecule has 2 aliphatic rings. The fourth-order valence-corrected chi connectivity index (χ4v) is 4.39. The van der Waals surface area contributed by atoms with E-state index in [-0.39, 0.29) is 0 Å². The highest BCUT2D eigenvalue weighted by Crippen LogP contribution is 2.47. The molecule has 0 saturated heterocycles. The molecule has 2 aliphatic carbocycles. The minimum atomic E-state index is 0.542. The van der Waals surface area contributed by atoms with Crippen LogP contribution < -0.4 is 5.32 Å². The van der Waals surface area contributed by atoms with E-state index in [4.69, 9.17) is 0 Å². The lowest BCUT2D eigenvalue weighted by molar-refractivity contribution is 0.104. The van der Waals surface area contributed by atoms with Crippen LogP contribution in [-0.4, -0.2) is 22.1 Å². The van der Waals surface area contributed by atoms with E-state index < -0.39 is 0 Å². The van der Waals surface area contributed by atoms with Crippen molar-refractivity contribution in [1.29, 1.82) is 0 Å². The van der Waals surface area contributed by atoms with Crippen molar-refractivity contribution in [3.63, 3.8) is 0 Å². The zero-order valence-corrected chi connectivity index (χ0v) is 12.8. The van der Waals surface area contributed by atoms with Crippen molar-refractivity contribution >= 4 is 0 Å². The van der Waals surface area contributed by atoms with E-state index in [1.54, 1.807) is 6.33 Å². The quantitative estimate of drug-likeness (QED) is 0.877. The van der Waals surface area contributed by atoms with E-state index in [2.05, 4.69) is 22.2 Å². The number of aromatic nitrogens is 2. The van der Waals surface area contributed by atoms with Gasteiger partial charge in [0.25, 0.3) is 0 Å². The van der Waals surface area contributed by atoms with E-state index >= 15 is 0 Å². The lowest BCUT2D eigenvalue weighted by Crippen LogP contribution is -2.43. The lowest BCUT2D eigenvalue weighted by Gasteiger charge is -2.43. The first-order valence-electron chi connectivity index (χ1n) is 8.49. The molecule has 3 heteroatoms. The smallest absolute Gasteiger partial charge is 0.0921 e. The van der Waals surface area contributed by atoms with Crippen molar-refractivity contribution in [2.45, 2.75) is 83.2 Å². The Hall–Kier alpha value is -0.830. The first kappa shape index (κ1) is 14.1. The summed E-state index contributed by atoms with van der Waals surface area (Å²) in [5.41, 5.74) is 1.98. The Balaban J connectivity index is 1.44. The van der Waals surface area contributed by atoms with Gasteiger partial charge < -0.3 is 10.3 Å². The Morgan fingerprint density at radius 3 is 2.65 bits per heavy atom. The van der Waals surface area contributed by atoms with E-state index in [0.717, 1.165) is 17.9 Å². The van der Waals surface area contributed by atoms with Gasteiger partial charge in [-0.25, -0.2) is 4.98 Å². The molecule has 1 unspecified atom stereocenters. The molecule has 1 aromatic heterocycles. The number of nitrogens with one attached hydrogen (secondary N) is 2. The van der Waals surface area contributed by atoms with Gasteiger partial charge in [-0.15, -0.1) is 0 Å². The van der Waals surface area contributed by atoms with Crippen LogP contribution in [0.1, 0.15) is 70.4 Å². The summed E-state index contributed by atoms with van der Waals surface area (Å²) >= 11 is 0. The van der Waals surface area contributed by atoms with Crippen LogP contribution in [0.3, 0.4) is 0 Å². The SMILES string of the molecule is CC(Cc1cnc[nH]1)NC1CCC2(CCCCC2)CC1. The predicted octanol–water partition coefficient (Wildman–Crippen LogP) is 3.82. The maximum absolute atomic E-state index is 4.10. The molecule has 0 bridgehead atoms. The summed E-state index contributed by atoms with van der Waals surface area (Å²) in [5, 5.41) is 3.83. The molecule has 3 nitrogen and oxygen atoms in total. The summed E-state index contributed by atoms with van der Waals surface area (Å²) in [7, 11) is 0. The summed E-state index contributed by atoms with van der Waals surface area (Å²) in [6, 6.07) is 1.28. The maximum Gasteiger partial charge on any atom is 0.0921 e. The maximum atomic E-state index is 4.10. The number of rotatable bonds is 4. The molecule has 2 fully saturated rings. The molecule has 1 aromatic rings. The first-order valence-corrected chi connectivity index (χ1v) is 8.49. The summed E-state index contributed by atoms with van der Waals surface area (Å²) in [6.45, 7) is 2.30. The van der Waals surface area contributed by atoms with Crippen LogP contribution >= 0.6 is 0 Å². The second-order valence-corrected chi connectivity index (χ2v) is 7.18. The van der Waals surface area contributed by atoms with Crippen molar-refractivity contribution in [1.82, 2.24) is 15.3 Å². The zero-order chi connectivity index (χ0) is 13.8. The van der Waals surface area contributed by atoms with Gasteiger partial charge in [0.15, 0.2) is 0 Å². The highest BCUT2D eigenvalue weighted by Gasteiger charge is 2.36. The summed E-state index contributed by atoms with van der Waals surface area (Å²) in [5.74, 6) is 0. The van der Waals surface area contributed by atoms with Gasteiger partial charge in [0.1, 0.15) is 0 Å². The van der Waals surface area contributed by atoms with Crippen LogP contribution in [0.4, 0.5) is 0 Å². The molecular formula is C17H29N3. The molecule has 2 saturated carbocycles. The summed E-state index contributed by atoms with van der Waals surface area (Å²) in [6.07, 6.45) is 17.9. The lowest BCUT2D eigenvalue weighted by atomic mass is 9.64. The molecule has 3 rings (SSSR count). The first-order chi connectivity index (χ1) is 9.76. The Morgan fingerprint density at radius 1 is 1.25 bits per heavy atom. The van der Waals surface area contributed by atoms with Crippen LogP contribution in [0.2, 0.25) is 0 Å². The van der Waals surface area contributed by atoms with E-state index in [1.807, 2.05) is 6.20 Å². The van der Waals surface area contributed by atoms with Gasteiger partial charge in [-0.3, -0.25) is 0 Å². The monoisotopic (exact) mass is 275 g/mol. The molecule has 1 atom stereocenters. The third kappa shape index (κ3) is 3.43. The average molecular weight is 275 g/mol. The minimum Gasteiger partial charge on any atom is -0.348 e. The number of nitrogens with zero attached hydrogens (tertiary/aromatic N) is 1. The number of H-pyrrole nitrogens is 1. The van der Waals surface area contributed by atoms with E-state index in [0.29, 0.717) is 6.04 Å². The van der Waals surface area contributed by atoms with Gasteiger partial charge in [0.2, 0.25) is 0 Å². The molecule has 0 aromatic carbocycles. The highest BCUT2D eigenvalue weighted by atomic mass is 15.0. The number of aromatic amines is 1. The Kier molecular flexibility index (Phi) is 4.45. The Bertz CT molecular complexity index is 382. The van der Waals surface area contributed by atoms with Crippen molar-refractivity contribution in [3.05, 3.63) is 18.2 Å². The molecule has 0 radical (unpaired) electrons. The predicted molar refractivity (Wildman–Crippen MR) is 82.7 cm³/mol. The van der Waals surface area contributed by atoms with Gasteiger partial charge >= 0.3 is 0 Å². The Morgan fingerprint density at radius 2 is 2.00 bits per heavy atom. The van der Waals surface area contributed by atoms with Crippen LogP contribution in [0.15, 0.2) is 12.5 Å². The molecule has 0 aliphatic heterocycles. The van der Waals surface area contributed by atoms with Crippen LogP contribution in [0.25, 0.3) is 0 Å². The molecule has 20 heavy (non-hydrogen) atoms. The van der Waals surface area contributed by atoms with Gasteiger partial charge in [-0.2, -0.15) is 0 Å². The van der Waals surface area contributed by atoms with Gasteiger partial charge in [-0.1, -0.05) is 19.3 Å². The number of hydrogen-bond donors (Lipinski definition) is 2. The van der Waals surface area contributed by atoms with Crippen molar-refractivity contribution < 1.29 is 0 Å². The molecular weight excluding hydrogens is 246 g/mol. The van der Waals surface area contributed by atoms with Crippen LogP contribution in [-0.2, 0) is 6.42 Å². The van der Waals surface area contributed by atoms with E-state index in [9.17, 15) is 0 Å². The summed E-state index contributed by atoms with van der Waals surface area (Å²) in [4.78, 5) is 7.30. The molecule has 0 amide bonds. The standard InChI is InChI=1S/C17H29N3/c1-14(11-16-12-18-13-19-16)20-15-5-9-17(10-6-15)7-3-2-4-8-17/h12-15,20H,2-11H2,1H3,(H,18,19). The van der Waals surface area contributed by atoms with Crippen molar-refractivity contribution in [3.8, 4) is 0 Å². The minimum absolute atomic E-state index is 0.542. The second-order valence-electron chi connectivity index (χ2n) is 7.18. The number of hydrogen-bond acceptors (Lipinski definition) is 2. The van der Waals surface area contributed by atoms with Crippen molar-refractivity contribution in [2.24, 2.45) is 5.41 Å². The fourth-order valence-electron chi connectivity index (χ4n) is 4.39. The molecule has 1 heterocycles. The topological polar surface area (TPSA) is 40.7 Å². The van der Waals surface area contributed by atoms with Gasteiger partial charge in [0.05, 0.1) is 6.33 Å². The van der Waals surface area contributed by atoms with Crippen molar-refractivity contribution in [2.75, 3.05) is 0 Å². The normalized spacial score (nSPS) is 24.9. The zero-order valence-electron chi connectivity index (χ0n) is 12.8. The molecule has 2 N–H and O–H groups in total.